The summed E-state index contributed by atoms with van der Waals surface area (Å²) in [5.41, 5.74) is 0.848. The van der Waals surface area contributed by atoms with E-state index in [1.165, 1.54) is 19.4 Å². The molecule has 0 aromatic heterocycles. The third-order valence-corrected chi connectivity index (χ3v) is 5.51. The van der Waals surface area contributed by atoms with Gasteiger partial charge in [-0.05, 0) is 55.0 Å². The van der Waals surface area contributed by atoms with E-state index in [1.54, 1.807) is 0 Å². The van der Waals surface area contributed by atoms with E-state index in [4.69, 9.17) is 0 Å². The van der Waals surface area contributed by atoms with Crippen LogP contribution in [0.15, 0.2) is 42.5 Å². The largest absolute Gasteiger partial charge is 0.339 e. The second-order valence-corrected chi connectivity index (χ2v) is 6.86. The van der Waals surface area contributed by atoms with E-state index in [-0.39, 0.29) is 18.3 Å². The molecule has 2 saturated heterocycles. The zero-order valence-corrected chi connectivity index (χ0v) is 14.7. The first-order chi connectivity index (χ1) is 11.3. The summed E-state index contributed by atoms with van der Waals surface area (Å²) in [7, 11) is 0. The molecule has 0 spiro atoms. The molecule has 1 N–H and O–H groups in total. The number of hydrogen-bond acceptors (Lipinski definition) is 2. The maximum atomic E-state index is 13.0. The molecule has 2 heterocycles. The maximum absolute atomic E-state index is 13.0. The molecule has 0 saturated carbocycles. The quantitative estimate of drug-likeness (QED) is 0.897. The Morgan fingerprint density at radius 1 is 1.00 bits per heavy atom. The van der Waals surface area contributed by atoms with E-state index in [2.05, 4.69) is 23.5 Å². The molecule has 0 bridgehead atoms. The first-order valence-corrected chi connectivity index (χ1v) is 8.83. The normalized spacial score (nSPS) is 21.7. The van der Waals surface area contributed by atoms with Crippen molar-refractivity contribution in [1.29, 1.82) is 0 Å². The molecule has 1 amide bonds. The topological polar surface area (TPSA) is 32.3 Å². The van der Waals surface area contributed by atoms with Crippen molar-refractivity contribution in [3.8, 4) is 0 Å². The van der Waals surface area contributed by atoms with E-state index in [0.717, 1.165) is 48.2 Å². The molecule has 3 nitrogen and oxygen atoms in total. The van der Waals surface area contributed by atoms with Crippen molar-refractivity contribution in [1.82, 2.24) is 10.2 Å². The molecule has 4 rings (SSSR count). The van der Waals surface area contributed by atoms with Gasteiger partial charge in [0, 0.05) is 24.7 Å². The fraction of sp³-hybridized carbons (Fsp3) is 0.450. The summed E-state index contributed by atoms with van der Waals surface area (Å²) in [4.78, 5) is 15.0. The lowest BCUT2D eigenvalue weighted by Gasteiger charge is -2.35. The second-order valence-electron chi connectivity index (χ2n) is 6.86. The lowest BCUT2D eigenvalue weighted by molar-refractivity contribution is 0.0676. The Balaban J connectivity index is 0.00000169. The molecular formula is C20H25ClN2O. The van der Waals surface area contributed by atoms with Crippen molar-refractivity contribution in [3.05, 3.63) is 48.0 Å². The number of amides is 1. The Morgan fingerprint density at radius 2 is 1.75 bits per heavy atom. The molecule has 0 radical (unpaired) electrons. The molecule has 128 valence electrons. The van der Waals surface area contributed by atoms with Crippen LogP contribution in [0.3, 0.4) is 0 Å². The van der Waals surface area contributed by atoms with E-state index >= 15 is 0 Å². The van der Waals surface area contributed by atoms with E-state index in [0.29, 0.717) is 6.04 Å². The maximum Gasteiger partial charge on any atom is 0.254 e. The van der Waals surface area contributed by atoms with Crippen molar-refractivity contribution in [2.75, 3.05) is 19.6 Å². The number of nitrogens with zero attached hydrogens (tertiary/aromatic N) is 1. The smallest absolute Gasteiger partial charge is 0.254 e. The number of hydrogen-bond donors (Lipinski definition) is 1. The van der Waals surface area contributed by atoms with Gasteiger partial charge in [-0.15, -0.1) is 12.4 Å². The van der Waals surface area contributed by atoms with Gasteiger partial charge in [-0.25, -0.2) is 0 Å². The van der Waals surface area contributed by atoms with Gasteiger partial charge < -0.3 is 10.2 Å². The Bertz CT molecular complexity index is 698. The van der Waals surface area contributed by atoms with Gasteiger partial charge >= 0.3 is 0 Å². The molecule has 1 atom stereocenters. The van der Waals surface area contributed by atoms with Crippen molar-refractivity contribution >= 4 is 29.1 Å². The third-order valence-electron chi connectivity index (χ3n) is 5.51. The van der Waals surface area contributed by atoms with Crippen LogP contribution in [-0.2, 0) is 0 Å². The third kappa shape index (κ3) is 3.28. The number of likely N-dealkylation sites (tertiary alicyclic amines) is 1. The summed E-state index contributed by atoms with van der Waals surface area (Å²) >= 11 is 0. The molecule has 1 unspecified atom stereocenters. The highest BCUT2D eigenvalue weighted by atomic mass is 35.5. The number of rotatable bonds is 2. The minimum absolute atomic E-state index is 0. The van der Waals surface area contributed by atoms with Crippen LogP contribution < -0.4 is 5.32 Å². The van der Waals surface area contributed by atoms with Gasteiger partial charge in [0.15, 0.2) is 0 Å². The van der Waals surface area contributed by atoms with Gasteiger partial charge in [0.1, 0.15) is 0 Å². The Morgan fingerprint density at radius 3 is 2.50 bits per heavy atom. The van der Waals surface area contributed by atoms with Crippen LogP contribution in [0.1, 0.15) is 36.0 Å². The summed E-state index contributed by atoms with van der Waals surface area (Å²) < 4.78 is 0. The first kappa shape index (κ1) is 17.2. The fourth-order valence-corrected chi connectivity index (χ4v) is 4.20. The standard InChI is InChI=1S/C20H24N2O.ClH/c23-20(18-8-3-6-15-5-1-2-7-17(15)18)22-13-10-16(11-14-22)19-9-4-12-21-19;/h1-3,5-8,16,19,21H,4,9-14H2;1H. The van der Waals surface area contributed by atoms with Crippen LogP contribution in [0.25, 0.3) is 10.8 Å². The molecule has 2 aliphatic rings. The lowest BCUT2D eigenvalue weighted by Crippen LogP contribution is -2.43. The Kier molecular flexibility index (Phi) is 5.42. The number of fused-ring (bicyclic) bond motifs is 1. The highest BCUT2D eigenvalue weighted by molar-refractivity contribution is 6.07. The average Bonchev–Trinajstić information content (AvgIpc) is 3.15. The zero-order chi connectivity index (χ0) is 15.6. The number of piperidine rings is 1. The lowest BCUT2D eigenvalue weighted by atomic mass is 9.88. The summed E-state index contributed by atoms with van der Waals surface area (Å²) in [6.07, 6.45) is 4.88. The Hall–Kier alpha value is -1.58. The molecule has 0 aliphatic carbocycles. The number of benzene rings is 2. The molecule has 4 heteroatoms. The Labute approximate surface area is 149 Å². The van der Waals surface area contributed by atoms with Crippen molar-refractivity contribution in [3.63, 3.8) is 0 Å². The summed E-state index contributed by atoms with van der Waals surface area (Å²) in [6.45, 7) is 2.95. The van der Waals surface area contributed by atoms with Crippen LogP contribution in [0.4, 0.5) is 0 Å². The van der Waals surface area contributed by atoms with E-state index in [9.17, 15) is 4.79 Å². The summed E-state index contributed by atoms with van der Waals surface area (Å²) in [6, 6.07) is 14.9. The van der Waals surface area contributed by atoms with Gasteiger partial charge in [0.25, 0.3) is 5.91 Å². The predicted octanol–water partition coefficient (Wildman–Crippen LogP) is 3.87. The van der Waals surface area contributed by atoms with Crippen LogP contribution in [0.5, 0.6) is 0 Å². The predicted molar refractivity (Wildman–Crippen MR) is 101 cm³/mol. The first-order valence-electron chi connectivity index (χ1n) is 8.83. The van der Waals surface area contributed by atoms with Crippen LogP contribution >= 0.6 is 12.4 Å². The summed E-state index contributed by atoms with van der Waals surface area (Å²) in [5, 5.41) is 5.83. The molecule has 2 aromatic rings. The van der Waals surface area contributed by atoms with E-state index < -0.39 is 0 Å². The number of carbonyl (C=O) groups is 1. The van der Waals surface area contributed by atoms with Crippen molar-refractivity contribution < 1.29 is 4.79 Å². The summed E-state index contributed by atoms with van der Waals surface area (Å²) in [5.74, 6) is 0.939. The van der Waals surface area contributed by atoms with Crippen molar-refractivity contribution in [2.45, 2.75) is 31.7 Å². The van der Waals surface area contributed by atoms with Crippen molar-refractivity contribution in [2.24, 2.45) is 5.92 Å². The molecule has 2 aliphatic heterocycles. The van der Waals surface area contributed by atoms with E-state index in [1.807, 2.05) is 29.2 Å². The molecular weight excluding hydrogens is 320 g/mol. The van der Waals surface area contributed by atoms with Gasteiger partial charge in [-0.3, -0.25) is 4.79 Å². The van der Waals surface area contributed by atoms with Crippen LogP contribution in [0, 0.1) is 5.92 Å². The SMILES string of the molecule is Cl.O=C(c1cccc2ccccc12)N1CCC(C2CCCN2)CC1. The minimum Gasteiger partial charge on any atom is -0.339 e. The van der Waals surface area contributed by atoms with Gasteiger partial charge in [0.2, 0.25) is 0 Å². The number of halogens is 1. The van der Waals surface area contributed by atoms with Gasteiger partial charge in [-0.1, -0.05) is 36.4 Å². The van der Waals surface area contributed by atoms with Gasteiger partial charge in [-0.2, -0.15) is 0 Å². The average molecular weight is 345 g/mol. The highest BCUT2D eigenvalue weighted by Gasteiger charge is 2.30. The minimum atomic E-state index is 0. The van der Waals surface area contributed by atoms with Gasteiger partial charge in [0.05, 0.1) is 0 Å². The molecule has 2 fully saturated rings. The number of carbonyl (C=O) groups excluding carboxylic acids is 1. The molecule has 2 aromatic carbocycles. The van der Waals surface area contributed by atoms with Crippen LogP contribution in [-0.4, -0.2) is 36.5 Å². The number of nitrogens with one attached hydrogen (secondary N) is 1. The fourth-order valence-electron chi connectivity index (χ4n) is 4.20. The molecule has 24 heavy (non-hydrogen) atoms. The monoisotopic (exact) mass is 344 g/mol. The zero-order valence-electron chi connectivity index (χ0n) is 13.9. The second kappa shape index (κ2) is 7.54. The van der Waals surface area contributed by atoms with Crippen LogP contribution in [0.2, 0.25) is 0 Å². The highest BCUT2D eigenvalue weighted by Crippen LogP contribution is 2.27.